The zero-order chi connectivity index (χ0) is 32.8. The van der Waals surface area contributed by atoms with Crippen LogP contribution < -0.4 is 14.2 Å². The Kier molecular flexibility index (Phi) is 16.7. The molecular weight excluding hydrogens is 591 g/mol. The Bertz CT molecular complexity index is 1350. The Morgan fingerprint density at radius 2 is 1.22 bits per heavy atom. The summed E-state index contributed by atoms with van der Waals surface area (Å²) in [5.74, 6) is -0.492. The molecule has 0 aromatic heterocycles. The normalized spacial score (nSPS) is 10.6. The molecule has 0 bridgehead atoms. The Hall–Kier alpha value is -4.47. The van der Waals surface area contributed by atoms with E-state index in [4.69, 9.17) is 28.7 Å². The summed E-state index contributed by atoms with van der Waals surface area (Å²) in [6.45, 7) is 9.38. The number of ether oxygens (including phenoxy) is 4. The molecule has 246 valence electrons. The van der Waals surface area contributed by atoms with Gasteiger partial charge < -0.3 is 18.9 Å². The number of carbonyl (C=O) groups excluding carboxylic acids is 2. The molecular formula is C37H43FO8. The predicted molar refractivity (Wildman–Crippen MR) is 174 cm³/mol. The van der Waals surface area contributed by atoms with E-state index >= 15 is 0 Å². The van der Waals surface area contributed by atoms with E-state index < -0.39 is 17.8 Å². The molecule has 0 aliphatic carbocycles. The zero-order valence-electron chi connectivity index (χ0n) is 26.3. The number of unbranched alkanes of at least 4 members (excludes halogenated alkanes) is 6. The smallest absolute Gasteiger partial charge is 0.343 e. The summed E-state index contributed by atoms with van der Waals surface area (Å²) in [6.07, 6.45) is 10.2. The van der Waals surface area contributed by atoms with Crippen molar-refractivity contribution in [2.45, 2.75) is 51.4 Å². The highest BCUT2D eigenvalue weighted by Gasteiger charge is 2.13. The van der Waals surface area contributed by atoms with Crippen LogP contribution in [0.25, 0.3) is 11.1 Å². The van der Waals surface area contributed by atoms with E-state index in [9.17, 15) is 14.0 Å². The van der Waals surface area contributed by atoms with Gasteiger partial charge in [-0.25, -0.2) is 23.8 Å². The maximum Gasteiger partial charge on any atom is 0.343 e. The minimum Gasteiger partial charge on any atom is -0.494 e. The highest BCUT2D eigenvalue weighted by Crippen LogP contribution is 2.28. The summed E-state index contributed by atoms with van der Waals surface area (Å²) in [5.41, 5.74) is 1.75. The minimum atomic E-state index is -0.664. The first-order chi connectivity index (χ1) is 22.5. The number of hydrogen-bond acceptors (Lipinski definition) is 8. The van der Waals surface area contributed by atoms with Gasteiger partial charge in [0.1, 0.15) is 18.1 Å². The molecule has 0 unspecified atom stereocenters. The van der Waals surface area contributed by atoms with Crippen LogP contribution in [-0.4, -0.2) is 45.0 Å². The third-order valence-corrected chi connectivity index (χ3v) is 6.79. The fourth-order valence-corrected chi connectivity index (χ4v) is 4.29. The molecule has 0 aliphatic rings. The standard InChI is InChI=1S/C37H43FO8/c1-3-23-44-45-27-12-8-7-10-25-41-32-18-13-29(14-19-32)31-17-22-35(34(38)28-31)46-37(40)30-15-20-33(21-16-30)42-24-9-5-6-11-26-43-36(39)4-2/h3-4,13-22,28H,1-2,5-12,23-27H2. The first-order valence-electron chi connectivity index (χ1n) is 15.6. The van der Waals surface area contributed by atoms with Gasteiger partial charge >= 0.3 is 11.9 Å². The maximum atomic E-state index is 14.9. The summed E-state index contributed by atoms with van der Waals surface area (Å²) in [7, 11) is 0. The second-order valence-corrected chi connectivity index (χ2v) is 10.4. The van der Waals surface area contributed by atoms with Crippen LogP contribution in [0.1, 0.15) is 61.7 Å². The monoisotopic (exact) mass is 634 g/mol. The molecule has 0 aliphatic heterocycles. The van der Waals surface area contributed by atoms with Gasteiger partial charge in [0, 0.05) is 6.08 Å². The van der Waals surface area contributed by atoms with Crippen LogP contribution in [0.5, 0.6) is 17.2 Å². The highest BCUT2D eigenvalue weighted by atomic mass is 19.1. The molecule has 0 N–H and O–H groups in total. The second-order valence-electron chi connectivity index (χ2n) is 10.4. The van der Waals surface area contributed by atoms with Crippen molar-refractivity contribution in [3.63, 3.8) is 0 Å². The summed E-state index contributed by atoms with van der Waals surface area (Å²) >= 11 is 0. The largest absolute Gasteiger partial charge is 0.494 e. The number of halogens is 1. The van der Waals surface area contributed by atoms with E-state index in [1.165, 1.54) is 12.1 Å². The molecule has 9 heteroatoms. The summed E-state index contributed by atoms with van der Waals surface area (Å²) < 4.78 is 36.7. The van der Waals surface area contributed by atoms with Crippen LogP contribution in [0.4, 0.5) is 4.39 Å². The van der Waals surface area contributed by atoms with E-state index in [-0.39, 0.29) is 11.3 Å². The van der Waals surface area contributed by atoms with Crippen LogP contribution in [0.2, 0.25) is 0 Å². The minimum absolute atomic E-state index is 0.149. The van der Waals surface area contributed by atoms with Gasteiger partial charge in [0.2, 0.25) is 0 Å². The molecule has 0 amide bonds. The molecule has 0 fully saturated rings. The number of rotatable bonds is 23. The fourth-order valence-electron chi connectivity index (χ4n) is 4.29. The molecule has 0 spiro atoms. The Labute approximate surface area is 270 Å². The average Bonchev–Trinajstić information content (AvgIpc) is 3.08. The zero-order valence-corrected chi connectivity index (χ0v) is 26.3. The highest BCUT2D eigenvalue weighted by molar-refractivity contribution is 5.91. The van der Waals surface area contributed by atoms with Gasteiger partial charge in [-0.15, -0.1) is 6.58 Å². The Balaban J connectivity index is 1.35. The summed E-state index contributed by atoms with van der Waals surface area (Å²) in [6, 6.07) is 18.5. The van der Waals surface area contributed by atoms with Crippen molar-refractivity contribution in [3.8, 4) is 28.4 Å². The van der Waals surface area contributed by atoms with Gasteiger partial charge in [-0.1, -0.05) is 37.3 Å². The van der Waals surface area contributed by atoms with Crippen molar-refractivity contribution in [2.24, 2.45) is 0 Å². The third kappa shape index (κ3) is 13.7. The SMILES string of the molecule is C=CCOOCCCCCCOc1ccc(-c2ccc(OC(=O)c3ccc(OCCCCCCOC(=O)C=C)cc3)c(F)c2)cc1. The Morgan fingerprint density at radius 1 is 0.652 bits per heavy atom. The molecule has 8 nitrogen and oxygen atoms in total. The second kappa shape index (κ2) is 21.3. The lowest BCUT2D eigenvalue weighted by molar-refractivity contribution is -0.286. The van der Waals surface area contributed by atoms with Gasteiger partial charge in [0.25, 0.3) is 0 Å². The quantitative estimate of drug-likeness (QED) is 0.0195. The number of benzene rings is 3. The Morgan fingerprint density at radius 3 is 1.80 bits per heavy atom. The van der Waals surface area contributed by atoms with Gasteiger partial charge in [-0.05, 0) is 105 Å². The van der Waals surface area contributed by atoms with Crippen molar-refractivity contribution in [1.29, 1.82) is 0 Å². The number of hydrogen-bond donors (Lipinski definition) is 0. The lowest BCUT2D eigenvalue weighted by Gasteiger charge is -2.10. The molecule has 0 saturated heterocycles. The van der Waals surface area contributed by atoms with Gasteiger partial charge in [-0.2, -0.15) is 0 Å². The lowest BCUT2D eigenvalue weighted by atomic mass is 10.1. The first kappa shape index (κ1) is 36.0. The molecule has 3 aromatic carbocycles. The van der Waals surface area contributed by atoms with Crippen molar-refractivity contribution in [2.75, 3.05) is 33.0 Å². The van der Waals surface area contributed by atoms with E-state index in [2.05, 4.69) is 13.2 Å². The van der Waals surface area contributed by atoms with Crippen LogP contribution in [-0.2, 0) is 19.3 Å². The van der Waals surface area contributed by atoms with Crippen LogP contribution in [0.3, 0.4) is 0 Å². The van der Waals surface area contributed by atoms with Gasteiger partial charge in [0.05, 0.1) is 32.0 Å². The van der Waals surface area contributed by atoms with Crippen molar-refractivity contribution < 1.29 is 42.7 Å². The van der Waals surface area contributed by atoms with Crippen molar-refractivity contribution in [3.05, 3.63) is 103 Å². The van der Waals surface area contributed by atoms with Crippen LogP contribution >= 0.6 is 0 Å². The average molecular weight is 635 g/mol. The molecule has 0 heterocycles. The van der Waals surface area contributed by atoms with Crippen molar-refractivity contribution >= 4 is 11.9 Å². The molecule has 0 saturated carbocycles. The van der Waals surface area contributed by atoms with Crippen LogP contribution in [0, 0.1) is 5.82 Å². The van der Waals surface area contributed by atoms with E-state index in [0.717, 1.165) is 68.8 Å². The van der Waals surface area contributed by atoms with E-state index in [1.807, 2.05) is 24.3 Å². The van der Waals surface area contributed by atoms with Crippen LogP contribution in [0.15, 0.2) is 92.0 Å². The predicted octanol–water partition coefficient (Wildman–Crippen LogP) is 8.45. The molecule has 3 rings (SSSR count). The molecule has 0 atom stereocenters. The van der Waals surface area contributed by atoms with Crippen molar-refractivity contribution in [1.82, 2.24) is 0 Å². The maximum absolute atomic E-state index is 14.9. The van der Waals surface area contributed by atoms with Gasteiger partial charge in [0.15, 0.2) is 11.6 Å². The molecule has 3 aromatic rings. The summed E-state index contributed by atoms with van der Waals surface area (Å²) in [5, 5.41) is 0. The first-order valence-corrected chi connectivity index (χ1v) is 15.6. The van der Waals surface area contributed by atoms with E-state index in [0.29, 0.717) is 44.3 Å². The number of esters is 2. The summed E-state index contributed by atoms with van der Waals surface area (Å²) in [4.78, 5) is 33.5. The lowest BCUT2D eigenvalue weighted by Crippen LogP contribution is -2.09. The third-order valence-electron chi connectivity index (χ3n) is 6.79. The number of carbonyl (C=O) groups is 2. The van der Waals surface area contributed by atoms with Gasteiger partial charge in [-0.3, -0.25) is 0 Å². The van der Waals surface area contributed by atoms with E-state index in [1.54, 1.807) is 36.4 Å². The fraction of sp³-hybridized carbons (Fsp3) is 0.351. The molecule has 0 radical (unpaired) electrons. The topological polar surface area (TPSA) is 89.5 Å². The molecule has 46 heavy (non-hydrogen) atoms.